The summed E-state index contributed by atoms with van der Waals surface area (Å²) in [7, 11) is 0. The van der Waals surface area contributed by atoms with Crippen molar-refractivity contribution in [3.05, 3.63) is 33.8 Å². The number of halogens is 3. The Labute approximate surface area is 105 Å². The summed E-state index contributed by atoms with van der Waals surface area (Å²) >= 11 is 2.94. The highest BCUT2D eigenvalue weighted by molar-refractivity contribution is 9.10. The van der Waals surface area contributed by atoms with Gasteiger partial charge in [-0.25, -0.2) is 8.78 Å². The maximum absolute atomic E-state index is 13.5. The molecule has 1 N–H and O–H groups in total. The van der Waals surface area contributed by atoms with Crippen LogP contribution in [0.1, 0.15) is 16.8 Å². The van der Waals surface area contributed by atoms with Crippen LogP contribution in [0.2, 0.25) is 0 Å². The largest absolute Gasteiger partial charge is 0.391 e. The zero-order valence-corrected chi connectivity index (χ0v) is 10.4. The molecule has 1 aliphatic heterocycles. The van der Waals surface area contributed by atoms with Gasteiger partial charge in [0.25, 0.3) is 5.91 Å². The Morgan fingerprint density at radius 3 is 2.47 bits per heavy atom. The fraction of sp³-hybridized carbons (Fsp3) is 0.364. The molecule has 1 amide bonds. The quantitative estimate of drug-likeness (QED) is 0.861. The highest BCUT2D eigenvalue weighted by atomic mass is 79.9. The van der Waals surface area contributed by atoms with E-state index >= 15 is 0 Å². The Kier molecular flexibility index (Phi) is 3.44. The van der Waals surface area contributed by atoms with E-state index in [-0.39, 0.29) is 11.0 Å². The second-order valence-corrected chi connectivity index (χ2v) is 4.85. The molecule has 0 radical (unpaired) electrons. The van der Waals surface area contributed by atoms with Gasteiger partial charge in [0.2, 0.25) is 0 Å². The number of β-amino-alcohol motifs (C(OH)–C–C–N with tert-alkyl or cyclic N) is 1. The van der Waals surface area contributed by atoms with Gasteiger partial charge in [-0.15, -0.1) is 0 Å². The molecule has 1 aromatic carbocycles. The van der Waals surface area contributed by atoms with Crippen LogP contribution in [0, 0.1) is 11.6 Å². The molecule has 1 atom stereocenters. The van der Waals surface area contributed by atoms with Crippen LogP contribution in [0.25, 0.3) is 0 Å². The number of amides is 1. The average Bonchev–Trinajstić information content (AvgIpc) is 2.63. The fourth-order valence-electron chi connectivity index (χ4n) is 1.83. The van der Waals surface area contributed by atoms with E-state index in [4.69, 9.17) is 0 Å². The zero-order chi connectivity index (χ0) is 12.6. The maximum atomic E-state index is 13.5. The number of likely N-dealkylation sites (tertiary alicyclic amines) is 1. The summed E-state index contributed by atoms with van der Waals surface area (Å²) in [6, 6.07) is 2.09. The summed E-state index contributed by atoms with van der Waals surface area (Å²) in [5.74, 6) is -2.52. The number of rotatable bonds is 1. The molecule has 6 heteroatoms. The molecule has 1 fully saturated rings. The summed E-state index contributed by atoms with van der Waals surface area (Å²) in [4.78, 5) is 13.1. The maximum Gasteiger partial charge on any atom is 0.259 e. The van der Waals surface area contributed by atoms with Gasteiger partial charge in [0.1, 0.15) is 17.2 Å². The van der Waals surface area contributed by atoms with Gasteiger partial charge in [-0.1, -0.05) is 15.9 Å². The Morgan fingerprint density at radius 2 is 2.00 bits per heavy atom. The van der Waals surface area contributed by atoms with Crippen molar-refractivity contribution in [1.82, 2.24) is 4.90 Å². The van der Waals surface area contributed by atoms with Crippen molar-refractivity contribution in [2.45, 2.75) is 12.5 Å². The lowest BCUT2D eigenvalue weighted by Crippen LogP contribution is -2.31. The smallest absolute Gasteiger partial charge is 0.259 e. The molecule has 0 spiro atoms. The van der Waals surface area contributed by atoms with Gasteiger partial charge in [0, 0.05) is 17.6 Å². The molecule has 1 aromatic rings. The Bertz CT molecular complexity index is 444. The number of carbonyl (C=O) groups excluding carboxylic acids is 1. The molecule has 0 aromatic heterocycles. The Morgan fingerprint density at radius 1 is 1.41 bits per heavy atom. The molecule has 2 rings (SSSR count). The molecule has 1 aliphatic rings. The van der Waals surface area contributed by atoms with Crippen LogP contribution in [0.4, 0.5) is 8.78 Å². The molecule has 0 unspecified atom stereocenters. The highest BCUT2D eigenvalue weighted by Crippen LogP contribution is 2.22. The number of carbonyl (C=O) groups is 1. The molecule has 0 bridgehead atoms. The Balaban J connectivity index is 2.31. The summed E-state index contributed by atoms with van der Waals surface area (Å²) in [6.45, 7) is 0.433. The van der Waals surface area contributed by atoms with E-state index in [1.54, 1.807) is 0 Å². The lowest BCUT2D eigenvalue weighted by Gasteiger charge is -2.16. The minimum Gasteiger partial charge on any atom is -0.391 e. The van der Waals surface area contributed by atoms with E-state index in [1.807, 2.05) is 0 Å². The molecular weight excluding hydrogens is 296 g/mol. The predicted octanol–water partition coefficient (Wildman–Crippen LogP) is 1.93. The van der Waals surface area contributed by atoms with E-state index in [0.717, 1.165) is 12.1 Å². The first kappa shape index (κ1) is 12.4. The second-order valence-electron chi connectivity index (χ2n) is 3.94. The minimum absolute atomic E-state index is 0.119. The standard InChI is InChI=1S/C11H10BrF2NO2/c12-6-3-8(13)10(9(14)4-6)11(17)15-2-1-7(16)5-15/h3-4,7,16H,1-2,5H2/t7-/m0/s1. The van der Waals surface area contributed by atoms with Crippen LogP contribution in [-0.2, 0) is 0 Å². The summed E-state index contributed by atoms with van der Waals surface area (Å²) in [5, 5.41) is 9.29. The van der Waals surface area contributed by atoms with Gasteiger partial charge >= 0.3 is 0 Å². The van der Waals surface area contributed by atoms with Crippen LogP contribution in [0.5, 0.6) is 0 Å². The third kappa shape index (κ3) is 2.47. The second kappa shape index (κ2) is 4.70. The lowest BCUT2D eigenvalue weighted by molar-refractivity contribution is 0.0755. The Hall–Kier alpha value is -1.01. The van der Waals surface area contributed by atoms with E-state index in [0.29, 0.717) is 13.0 Å². The number of aliphatic hydroxyl groups excluding tert-OH is 1. The van der Waals surface area contributed by atoms with Crippen molar-refractivity contribution in [2.24, 2.45) is 0 Å². The molecule has 1 saturated heterocycles. The van der Waals surface area contributed by atoms with Crippen molar-refractivity contribution in [3.8, 4) is 0 Å². The van der Waals surface area contributed by atoms with Crippen molar-refractivity contribution in [2.75, 3.05) is 13.1 Å². The fourth-order valence-corrected chi connectivity index (χ4v) is 2.23. The summed E-state index contributed by atoms with van der Waals surface area (Å²) in [6.07, 6.45) is -0.175. The van der Waals surface area contributed by atoms with Crippen molar-refractivity contribution >= 4 is 21.8 Å². The van der Waals surface area contributed by atoms with Gasteiger partial charge in [-0.2, -0.15) is 0 Å². The van der Waals surface area contributed by atoms with E-state index in [2.05, 4.69) is 15.9 Å². The number of benzene rings is 1. The third-order valence-electron chi connectivity index (χ3n) is 2.67. The van der Waals surface area contributed by atoms with Gasteiger partial charge in [0.15, 0.2) is 0 Å². The monoisotopic (exact) mass is 305 g/mol. The first-order valence-electron chi connectivity index (χ1n) is 5.11. The normalized spacial score (nSPS) is 19.8. The van der Waals surface area contributed by atoms with Gasteiger partial charge in [0.05, 0.1) is 6.10 Å². The first-order valence-corrected chi connectivity index (χ1v) is 5.90. The van der Waals surface area contributed by atoms with Crippen LogP contribution in [0.15, 0.2) is 16.6 Å². The molecule has 0 saturated carbocycles. The van der Waals surface area contributed by atoms with Crippen LogP contribution in [-0.4, -0.2) is 35.1 Å². The van der Waals surface area contributed by atoms with E-state index in [1.165, 1.54) is 4.90 Å². The number of hydrogen-bond acceptors (Lipinski definition) is 2. The SMILES string of the molecule is O=C(c1c(F)cc(Br)cc1F)N1CC[C@H](O)C1. The van der Waals surface area contributed by atoms with Gasteiger partial charge in [-0.05, 0) is 18.6 Å². The summed E-state index contributed by atoms with van der Waals surface area (Å²) in [5.41, 5.74) is -0.567. The van der Waals surface area contributed by atoms with E-state index < -0.39 is 29.2 Å². The molecule has 92 valence electrons. The molecule has 1 heterocycles. The van der Waals surface area contributed by atoms with E-state index in [9.17, 15) is 18.7 Å². The first-order chi connectivity index (χ1) is 7.99. The number of aliphatic hydroxyl groups is 1. The van der Waals surface area contributed by atoms with Crippen LogP contribution in [0.3, 0.4) is 0 Å². The molecule has 3 nitrogen and oxygen atoms in total. The van der Waals surface area contributed by atoms with Gasteiger partial charge in [-0.3, -0.25) is 4.79 Å². The van der Waals surface area contributed by atoms with Crippen molar-refractivity contribution in [3.63, 3.8) is 0 Å². The summed E-state index contributed by atoms with van der Waals surface area (Å²) < 4.78 is 27.3. The molecule has 17 heavy (non-hydrogen) atoms. The number of hydrogen-bond donors (Lipinski definition) is 1. The predicted molar refractivity (Wildman–Crippen MR) is 60.6 cm³/mol. The minimum atomic E-state index is -0.900. The van der Waals surface area contributed by atoms with Crippen molar-refractivity contribution in [1.29, 1.82) is 0 Å². The third-order valence-corrected chi connectivity index (χ3v) is 3.13. The lowest BCUT2D eigenvalue weighted by atomic mass is 10.1. The highest BCUT2D eigenvalue weighted by Gasteiger charge is 2.29. The van der Waals surface area contributed by atoms with Crippen LogP contribution >= 0.6 is 15.9 Å². The molecule has 0 aliphatic carbocycles. The average molecular weight is 306 g/mol. The van der Waals surface area contributed by atoms with Gasteiger partial charge < -0.3 is 10.0 Å². The number of nitrogens with zero attached hydrogens (tertiary/aromatic N) is 1. The zero-order valence-electron chi connectivity index (χ0n) is 8.79. The topological polar surface area (TPSA) is 40.5 Å². The van der Waals surface area contributed by atoms with Crippen molar-refractivity contribution < 1.29 is 18.7 Å². The molecular formula is C11H10BrF2NO2. The van der Waals surface area contributed by atoms with Crippen LogP contribution < -0.4 is 0 Å².